The highest BCUT2D eigenvalue weighted by atomic mass is 16.5. The Balaban J connectivity index is 1.19. The second kappa shape index (κ2) is 9.90. The fourth-order valence-corrected chi connectivity index (χ4v) is 4.98. The number of benzene rings is 1. The van der Waals surface area contributed by atoms with E-state index in [1.807, 2.05) is 0 Å². The molecule has 3 heterocycles. The van der Waals surface area contributed by atoms with E-state index in [1.165, 1.54) is 89.9 Å². The predicted molar refractivity (Wildman–Crippen MR) is 111 cm³/mol. The van der Waals surface area contributed by atoms with Crippen molar-refractivity contribution in [3.05, 3.63) is 29.8 Å². The Hall–Kier alpha value is -1.10. The van der Waals surface area contributed by atoms with E-state index >= 15 is 0 Å². The Morgan fingerprint density at radius 1 is 0.815 bits per heavy atom. The van der Waals surface area contributed by atoms with Gasteiger partial charge in [-0.3, -0.25) is 4.90 Å². The maximum absolute atomic E-state index is 5.95. The molecule has 3 aliphatic heterocycles. The van der Waals surface area contributed by atoms with Crippen molar-refractivity contribution in [1.29, 1.82) is 0 Å². The number of nitrogens with zero attached hydrogens (tertiary/aromatic N) is 3. The molecule has 4 nitrogen and oxygen atoms in total. The molecule has 4 heteroatoms. The van der Waals surface area contributed by atoms with Crippen molar-refractivity contribution in [2.45, 2.75) is 57.5 Å². The van der Waals surface area contributed by atoms with Crippen LogP contribution in [0.1, 0.15) is 50.5 Å². The van der Waals surface area contributed by atoms with Crippen LogP contribution in [0.3, 0.4) is 0 Å². The highest BCUT2D eigenvalue weighted by molar-refractivity contribution is 5.27. The molecule has 150 valence electrons. The Labute approximate surface area is 165 Å². The largest absolute Gasteiger partial charge is 0.494 e. The van der Waals surface area contributed by atoms with Crippen molar-refractivity contribution in [3.8, 4) is 5.75 Å². The molecule has 0 aromatic heterocycles. The molecular weight excluding hydrogens is 334 g/mol. The zero-order valence-electron chi connectivity index (χ0n) is 17.0. The third-order valence-electron chi connectivity index (χ3n) is 6.56. The van der Waals surface area contributed by atoms with Crippen LogP contribution in [0.4, 0.5) is 0 Å². The van der Waals surface area contributed by atoms with Crippen molar-refractivity contribution in [3.63, 3.8) is 0 Å². The lowest BCUT2D eigenvalue weighted by atomic mass is 10.1. The monoisotopic (exact) mass is 371 g/mol. The second-order valence-corrected chi connectivity index (χ2v) is 8.67. The summed E-state index contributed by atoms with van der Waals surface area (Å²) in [5.41, 5.74) is 1.42. The summed E-state index contributed by atoms with van der Waals surface area (Å²) in [7, 11) is 0. The van der Waals surface area contributed by atoms with Crippen molar-refractivity contribution in [1.82, 2.24) is 14.7 Å². The lowest BCUT2D eigenvalue weighted by molar-refractivity contribution is 0.185. The molecule has 0 aliphatic carbocycles. The molecule has 27 heavy (non-hydrogen) atoms. The normalized spacial score (nSPS) is 24.8. The molecule has 4 rings (SSSR count). The molecule has 1 aromatic rings. The predicted octanol–water partition coefficient (Wildman–Crippen LogP) is 3.61. The minimum Gasteiger partial charge on any atom is -0.494 e. The first-order chi connectivity index (χ1) is 13.4. The van der Waals surface area contributed by atoms with Crippen LogP contribution in [0.2, 0.25) is 0 Å². The van der Waals surface area contributed by atoms with E-state index in [0.717, 1.165) is 31.4 Å². The van der Waals surface area contributed by atoms with E-state index in [2.05, 4.69) is 39.0 Å². The number of hydrogen-bond donors (Lipinski definition) is 0. The average molecular weight is 372 g/mol. The minimum absolute atomic E-state index is 0.754. The molecular formula is C23H37N3O. The van der Waals surface area contributed by atoms with E-state index in [9.17, 15) is 0 Å². The van der Waals surface area contributed by atoms with Gasteiger partial charge < -0.3 is 14.5 Å². The fraction of sp³-hybridized carbons (Fsp3) is 0.739. The van der Waals surface area contributed by atoms with E-state index < -0.39 is 0 Å². The molecule has 1 atom stereocenters. The summed E-state index contributed by atoms with van der Waals surface area (Å²) in [4.78, 5) is 7.92. The Kier molecular flexibility index (Phi) is 7.05. The maximum Gasteiger partial charge on any atom is 0.119 e. The van der Waals surface area contributed by atoms with Crippen LogP contribution in [0.5, 0.6) is 5.75 Å². The van der Waals surface area contributed by atoms with E-state index in [0.29, 0.717) is 0 Å². The van der Waals surface area contributed by atoms with Gasteiger partial charge in [0.25, 0.3) is 0 Å². The Bertz CT molecular complexity index is 549. The number of hydrogen-bond acceptors (Lipinski definition) is 4. The van der Waals surface area contributed by atoms with Crippen LogP contribution < -0.4 is 4.74 Å². The van der Waals surface area contributed by atoms with Crippen LogP contribution in [-0.4, -0.2) is 73.2 Å². The number of likely N-dealkylation sites (tertiary alicyclic amines) is 3. The smallest absolute Gasteiger partial charge is 0.119 e. The van der Waals surface area contributed by atoms with Crippen LogP contribution in [0.25, 0.3) is 0 Å². The van der Waals surface area contributed by atoms with E-state index in [4.69, 9.17) is 4.74 Å². The second-order valence-electron chi connectivity index (χ2n) is 8.67. The third kappa shape index (κ3) is 5.69. The van der Waals surface area contributed by atoms with Crippen molar-refractivity contribution >= 4 is 0 Å². The SMILES string of the molecule is c1cc(OCCCN2CCCC2)ccc1CN1CCC[C@H]1CN1CCCC1. The summed E-state index contributed by atoms with van der Waals surface area (Å²) >= 11 is 0. The highest BCUT2D eigenvalue weighted by Gasteiger charge is 2.27. The van der Waals surface area contributed by atoms with Gasteiger partial charge in [0, 0.05) is 25.7 Å². The van der Waals surface area contributed by atoms with Gasteiger partial charge in [-0.15, -0.1) is 0 Å². The van der Waals surface area contributed by atoms with Gasteiger partial charge in [0.1, 0.15) is 5.75 Å². The van der Waals surface area contributed by atoms with Gasteiger partial charge in [0.2, 0.25) is 0 Å². The summed E-state index contributed by atoms with van der Waals surface area (Å²) in [6.45, 7) is 10.8. The molecule has 0 N–H and O–H groups in total. The number of ether oxygens (including phenoxy) is 1. The third-order valence-corrected chi connectivity index (χ3v) is 6.56. The lowest BCUT2D eigenvalue weighted by Gasteiger charge is -2.28. The van der Waals surface area contributed by atoms with E-state index in [1.54, 1.807) is 0 Å². The van der Waals surface area contributed by atoms with Gasteiger partial charge in [-0.05, 0) is 95.4 Å². The fourth-order valence-electron chi connectivity index (χ4n) is 4.98. The zero-order valence-corrected chi connectivity index (χ0v) is 17.0. The number of rotatable bonds is 9. The van der Waals surface area contributed by atoms with E-state index in [-0.39, 0.29) is 0 Å². The van der Waals surface area contributed by atoms with Gasteiger partial charge >= 0.3 is 0 Å². The van der Waals surface area contributed by atoms with Crippen LogP contribution in [0.15, 0.2) is 24.3 Å². The zero-order chi connectivity index (χ0) is 18.3. The van der Waals surface area contributed by atoms with Crippen molar-refractivity contribution in [2.75, 3.05) is 52.4 Å². The summed E-state index contributed by atoms with van der Waals surface area (Å²) in [6, 6.07) is 9.61. The lowest BCUT2D eigenvalue weighted by Crippen LogP contribution is -2.38. The molecule has 1 aromatic carbocycles. The topological polar surface area (TPSA) is 19.0 Å². The van der Waals surface area contributed by atoms with Crippen LogP contribution in [-0.2, 0) is 6.54 Å². The van der Waals surface area contributed by atoms with Gasteiger partial charge in [0.15, 0.2) is 0 Å². The molecule has 3 aliphatic rings. The first kappa shape index (κ1) is 19.2. The molecule has 0 amide bonds. The average Bonchev–Trinajstić information content (AvgIpc) is 3.45. The van der Waals surface area contributed by atoms with Crippen LogP contribution in [0, 0.1) is 0 Å². The first-order valence-corrected chi connectivity index (χ1v) is 11.3. The molecule has 0 unspecified atom stereocenters. The highest BCUT2D eigenvalue weighted by Crippen LogP contribution is 2.23. The molecule has 0 saturated carbocycles. The first-order valence-electron chi connectivity index (χ1n) is 11.3. The van der Waals surface area contributed by atoms with Gasteiger partial charge in [-0.2, -0.15) is 0 Å². The molecule has 0 bridgehead atoms. The minimum atomic E-state index is 0.754. The molecule has 3 saturated heterocycles. The molecule has 0 spiro atoms. The van der Waals surface area contributed by atoms with Crippen LogP contribution >= 0.6 is 0 Å². The Morgan fingerprint density at radius 2 is 1.52 bits per heavy atom. The molecule has 3 fully saturated rings. The Morgan fingerprint density at radius 3 is 2.26 bits per heavy atom. The summed E-state index contributed by atoms with van der Waals surface area (Å²) in [5.74, 6) is 1.02. The standard InChI is InChI=1S/C23H37N3O/c1-2-13-24(12-1)16-6-18-27-23-10-8-21(9-11-23)19-26-17-5-7-22(26)20-25-14-3-4-15-25/h8-11,22H,1-7,12-20H2/t22-/m0/s1. The summed E-state index contributed by atoms with van der Waals surface area (Å²) in [5, 5.41) is 0. The van der Waals surface area contributed by atoms with Gasteiger partial charge in [0.05, 0.1) is 6.61 Å². The maximum atomic E-state index is 5.95. The quantitative estimate of drug-likeness (QED) is 0.617. The van der Waals surface area contributed by atoms with Gasteiger partial charge in [-0.1, -0.05) is 12.1 Å². The van der Waals surface area contributed by atoms with Crippen molar-refractivity contribution in [2.24, 2.45) is 0 Å². The summed E-state index contributed by atoms with van der Waals surface area (Å²) < 4.78 is 5.95. The van der Waals surface area contributed by atoms with Gasteiger partial charge in [-0.25, -0.2) is 0 Å². The van der Waals surface area contributed by atoms with Crippen molar-refractivity contribution < 1.29 is 4.74 Å². The summed E-state index contributed by atoms with van der Waals surface area (Å²) in [6.07, 6.45) is 9.40. The molecule has 0 radical (unpaired) electrons.